The van der Waals surface area contributed by atoms with E-state index in [1.54, 1.807) is 4.68 Å². The van der Waals surface area contributed by atoms with Crippen molar-refractivity contribution >= 4 is 5.82 Å². The zero-order valence-corrected chi connectivity index (χ0v) is 14.9. The minimum Gasteiger partial charge on any atom is -0.384 e. The third kappa shape index (κ3) is 3.97. The highest BCUT2D eigenvalue weighted by molar-refractivity contribution is 5.42. The van der Waals surface area contributed by atoms with Crippen molar-refractivity contribution in [1.82, 2.24) is 14.7 Å². The number of aromatic nitrogens is 2. The fraction of sp³-hybridized carbons (Fsp3) is 0.526. The average molecular weight is 328 g/mol. The SMILES string of the molecule is CC(C)(C)N1CCC(OCc2cc(N)n(-c3ccccc3)n2)CC1. The van der Waals surface area contributed by atoms with E-state index < -0.39 is 0 Å². The van der Waals surface area contributed by atoms with Gasteiger partial charge in [0.2, 0.25) is 0 Å². The van der Waals surface area contributed by atoms with Crippen LogP contribution in [-0.4, -0.2) is 39.4 Å². The molecule has 130 valence electrons. The van der Waals surface area contributed by atoms with Gasteiger partial charge in [0, 0.05) is 24.7 Å². The van der Waals surface area contributed by atoms with Crippen LogP contribution in [0.25, 0.3) is 5.69 Å². The number of benzene rings is 1. The fourth-order valence-electron chi connectivity index (χ4n) is 3.19. The number of ether oxygens (including phenoxy) is 1. The Kier molecular flexibility index (Phi) is 4.92. The number of anilines is 1. The third-order valence-electron chi connectivity index (χ3n) is 4.65. The average Bonchev–Trinajstić information content (AvgIpc) is 2.94. The molecule has 1 saturated heterocycles. The van der Waals surface area contributed by atoms with Crippen LogP contribution in [0.1, 0.15) is 39.3 Å². The summed E-state index contributed by atoms with van der Waals surface area (Å²) in [6.45, 7) is 9.52. The summed E-state index contributed by atoms with van der Waals surface area (Å²) in [6, 6.07) is 11.8. The maximum atomic E-state index is 6.09. The summed E-state index contributed by atoms with van der Waals surface area (Å²) in [4.78, 5) is 2.52. The Bertz CT molecular complexity index is 652. The first-order valence-corrected chi connectivity index (χ1v) is 8.70. The Balaban J connectivity index is 1.55. The number of para-hydroxylation sites is 1. The first-order chi connectivity index (χ1) is 11.4. The van der Waals surface area contributed by atoms with Gasteiger partial charge in [0.15, 0.2) is 0 Å². The van der Waals surface area contributed by atoms with Crippen molar-refractivity contribution in [1.29, 1.82) is 0 Å². The normalized spacial score (nSPS) is 17.3. The molecule has 0 saturated carbocycles. The zero-order chi connectivity index (χ0) is 17.2. The van der Waals surface area contributed by atoms with Crippen LogP contribution in [0, 0.1) is 0 Å². The number of likely N-dealkylation sites (tertiary alicyclic amines) is 1. The number of hydrogen-bond acceptors (Lipinski definition) is 4. The van der Waals surface area contributed by atoms with Gasteiger partial charge in [-0.3, -0.25) is 4.90 Å². The Labute approximate surface area is 144 Å². The number of nitrogen functional groups attached to an aromatic ring is 1. The first-order valence-electron chi connectivity index (χ1n) is 8.70. The minimum atomic E-state index is 0.244. The van der Waals surface area contributed by atoms with Gasteiger partial charge in [0.05, 0.1) is 24.1 Å². The molecule has 0 radical (unpaired) electrons. The maximum Gasteiger partial charge on any atom is 0.127 e. The van der Waals surface area contributed by atoms with E-state index in [4.69, 9.17) is 10.5 Å². The third-order valence-corrected chi connectivity index (χ3v) is 4.65. The monoisotopic (exact) mass is 328 g/mol. The molecule has 1 aliphatic rings. The van der Waals surface area contributed by atoms with E-state index in [-0.39, 0.29) is 5.54 Å². The van der Waals surface area contributed by atoms with Crippen molar-refractivity contribution in [2.75, 3.05) is 18.8 Å². The molecule has 3 rings (SSSR count). The van der Waals surface area contributed by atoms with Gasteiger partial charge in [0.25, 0.3) is 0 Å². The van der Waals surface area contributed by atoms with Crippen molar-refractivity contribution in [3.8, 4) is 5.69 Å². The lowest BCUT2D eigenvalue weighted by atomic mass is 9.99. The molecule has 2 heterocycles. The van der Waals surface area contributed by atoms with E-state index in [0.717, 1.165) is 37.3 Å². The summed E-state index contributed by atoms with van der Waals surface area (Å²) >= 11 is 0. The van der Waals surface area contributed by atoms with Crippen molar-refractivity contribution in [2.45, 2.75) is 51.9 Å². The largest absolute Gasteiger partial charge is 0.384 e. The van der Waals surface area contributed by atoms with E-state index in [0.29, 0.717) is 18.5 Å². The van der Waals surface area contributed by atoms with Crippen LogP contribution in [0.4, 0.5) is 5.82 Å². The summed E-state index contributed by atoms with van der Waals surface area (Å²) < 4.78 is 7.84. The molecule has 2 N–H and O–H groups in total. The summed E-state index contributed by atoms with van der Waals surface area (Å²) in [5.74, 6) is 0.641. The maximum absolute atomic E-state index is 6.09. The first kappa shape index (κ1) is 17.0. The van der Waals surface area contributed by atoms with Crippen molar-refractivity contribution in [3.63, 3.8) is 0 Å². The molecular formula is C19H28N4O. The smallest absolute Gasteiger partial charge is 0.127 e. The van der Waals surface area contributed by atoms with Crippen LogP contribution in [-0.2, 0) is 11.3 Å². The van der Waals surface area contributed by atoms with Gasteiger partial charge in [0.1, 0.15) is 5.82 Å². The van der Waals surface area contributed by atoms with Crippen LogP contribution in [0.15, 0.2) is 36.4 Å². The van der Waals surface area contributed by atoms with Crippen LogP contribution in [0.2, 0.25) is 0 Å². The summed E-state index contributed by atoms with van der Waals surface area (Å²) in [7, 11) is 0. The topological polar surface area (TPSA) is 56.3 Å². The van der Waals surface area contributed by atoms with Gasteiger partial charge in [-0.15, -0.1) is 0 Å². The number of nitrogens with two attached hydrogens (primary N) is 1. The predicted molar refractivity (Wildman–Crippen MR) is 97.1 cm³/mol. The van der Waals surface area contributed by atoms with E-state index in [1.165, 1.54) is 0 Å². The quantitative estimate of drug-likeness (QED) is 0.936. The number of piperidine rings is 1. The molecule has 1 fully saturated rings. The number of hydrogen-bond donors (Lipinski definition) is 1. The molecule has 0 atom stereocenters. The van der Waals surface area contributed by atoms with Gasteiger partial charge in [-0.25, -0.2) is 4.68 Å². The summed E-state index contributed by atoms with van der Waals surface area (Å²) in [6.07, 6.45) is 2.46. The number of nitrogens with zero attached hydrogens (tertiary/aromatic N) is 3. The second kappa shape index (κ2) is 6.95. The van der Waals surface area contributed by atoms with Gasteiger partial charge in [-0.05, 0) is 45.7 Å². The highest BCUT2D eigenvalue weighted by atomic mass is 16.5. The molecule has 5 heteroatoms. The summed E-state index contributed by atoms with van der Waals surface area (Å²) in [5, 5.41) is 4.57. The molecule has 2 aromatic rings. The lowest BCUT2D eigenvalue weighted by molar-refractivity contribution is -0.0219. The van der Waals surface area contributed by atoms with Crippen molar-refractivity contribution in [3.05, 3.63) is 42.1 Å². The van der Waals surface area contributed by atoms with Gasteiger partial charge in [-0.2, -0.15) is 5.10 Å². The molecule has 0 spiro atoms. The van der Waals surface area contributed by atoms with E-state index in [2.05, 4.69) is 30.8 Å². The van der Waals surface area contributed by atoms with E-state index >= 15 is 0 Å². The second-order valence-corrected chi connectivity index (χ2v) is 7.48. The molecule has 0 unspecified atom stereocenters. The van der Waals surface area contributed by atoms with Crippen LogP contribution in [0.5, 0.6) is 0 Å². The van der Waals surface area contributed by atoms with Gasteiger partial charge < -0.3 is 10.5 Å². The molecule has 0 amide bonds. The molecule has 24 heavy (non-hydrogen) atoms. The lowest BCUT2D eigenvalue weighted by Gasteiger charge is -2.40. The van der Waals surface area contributed by atoms with Gasteiger partial charge >= 0.3 is 0 Å². The molecule has 5 nitrogen and oxygen atoms in total. The zero-order valence-electron chi connectivity index (χ0n) is 14.9. The predicted octanol–water partition coefficient (Wildman–Crippen LogP) is 3.23. The molecular weight excluding hydrogens is 300 g/mol. The molecule has 0 bridgehead atoms. The lowest BCUT2D eigenvalue weighted by Crippen LogP contribution is -2.47. The standard InChI is InChI=1S/C19H28N4O/c1-19(2,3)22-11-9-17(10-12-22)24-14-15-13-18(20)23(21-15)16-7-5-4-6-8-16/h4-8,13,17H,9-12,14,20H2,1-3H3. The van der Waals surface area contributed by atoms with Gasteiger partial charge in [-0.1, -0.05) is 18.2 Å². The highest BCUT2D eigenvalue weighted by Crippen LogP contribution is 2.23. The molecule has 0 aliphatic carbocycles. The van der Waals surface area contributed by atoms with Crippen molar-refractivity contribution < 1.29 is 4.74 Å². The Morgan fingerprint density at radius 1 is 1.17 bits per heavy atom. The second-order valence-electron chi connectivity index (χ2n) is 7.48. The van der Waals surface area contributed by atoms with Crippen LogP contribution < -0.4 is 5.73 Å². The summed E-state index contributed by atoms with van der Waals surface area (Å²) in [5.41, 5.74) is 8.19. The number of rotatable bonds is 4. The Morgan fingerprint density at radius 2 is 1.83 bits per heavy atom. The minimum absolute atomic E-state index is 0.244. The highest BCUT2D eigenvalue weighted by Gasteiger charge is 2.27. The van der Waals surface area contributed by atoms with Crippen LogP contribution in [0.3, 0.4) is 0 Å². The molecule has 1 aromatic heterocycles. The Morgan fingerprint density at radius 3 is 2.46 bits per heavy atom. The van der Waals surface area contributed by atoms with Crippen LogP contribution >= 0.6 is 0 Å². The van der Waals surface area contributed by atoms with Crippen molar-refractivity contribution in [2.24, 2.45) is 0 Å². The fourth-order valence-corrected chi connectivity index (χ4v) is 3.19. The van der Waals surface area contributed by atoms with E-state index in [1.807, 2.05) is 36.4 Å². The molecule has 1 aliphatic heterocycles. The Hall–Kier alpha value is -1.85. The van der Waals surface area contributed by atoms with E-state index in [9.17, 15) is 0 Å². The molecule has 1 aromatic carbocycles.